The molecule has 0 bridgehead atoms. The van der Waals surface area contributed by atoms with Crippen LogP contribution in [0.4, 0.5) is 13.2 Å². The molecule has 1 unspecified atom stereocenters. The Balaban J connectivity index is 2.66. The fraction of sp³-hybridized carbons (Fsp3) is 0.455. The van der Waals surface area contributed by atoms with E-state index in [9.17, 15) is 13.2 Å². The molecule has 0 fully saturated rings. The first kappa shape index (κ1) is 13.5. The van der Waals surface area contributed by atoms with E-state index in [2.05, 4.69) is 15.9 Å². The maximum atomic E-state index is 12.0. The molecule has 0 heterocycles. The molecule has 0 aromatic heterocycles. The number of nitrogens with two attached hydrogens (primary N) is 1. The maximum Gasteiger partial charge on any atom is 0.389 e. The Labute approximate surface area is 101 Å². The molecule has 0 amide bonds. The van der Waals surface area contributed by atoms with Crippen LogP contribution in [0.25, 0.3) is 0 Å². The molecular formula is C11H13BrF3N. The van der Waals surface area contributed by atoms with Crippen molar-refractivity contribution in [3.05, 3.63) is 33.8 Å². The van der Waals surface area contributed by atoms with Crippen molar-refractivity contribution < 1.29 is 13.2 Å². The molecule has 2 N–H and O–H groups in total. The molecule has 0 saturated carbocycles. The number of aryl methyl sites for hydroxylation is 1. The summed E-state index contributed by atoms with van der Waals surface area (Å²) in [5.74, 6) is 0. The Bertz CT molecular complexity index is 363. The summed E-state index contributed by atoms with van der Waals surface area (Å²) in [6, 6.07) is 4.81. The average Bonchev–Trinajstić information content (AvgIpc) is 2.17. The lowest BCUT2D eigenvalue weighted by Gasteiger charge is -2.14. The molecule has 5 heteroatoms. The van der Waals surface area contributed by atoms with Crippen LogP contribution < -0.4 is 5.73 Å². The van der Waals surface area contributed by atoms with Crippen molar-refractivity contribution in [2.45, 2.75) is 32.0 Å². The zero-order valence-electron chi connectivity index (χ0n) is 8.81. The summed E-state index contributed by atoms with van der Waals surface area (Å²) in [6.45, 7) is 1.91. The number of rotatable bonds is 3. The standard InChI is InChI=1S/C11H13BrF3N/c1-7-2-3-8(6-9(7)12)10(16)4-5-11(13,14)15/h2-3,6,10H,4-5,16H2,1H3. The van der Waals surface area contributed by atoms with Crippen molar-refractivity contribution >= 4 is 15.9 Å². The van der Waals surface area contributed by atoms with Gasteiger partial charge in [-0.25, -0.2) is 0 Å². The second kappa shape index (κ2) is 5.19. The molecule has 90 valence electrons. The minimum Gasteiger partial charge on any atom is -0.324 e. The fourth-order valence-corrected chi connectivity index (χ4v) is 1.72. The Hall–Kier alpha value is -0.550. The second-order valence-electron chi connectivity index (χ2n) is 3.77. The lowest BCUT2D eigenvalue weighted by Crippen LogP contribution is -2.15. The smallest absolute Gasteiger partial charge is 0.324 e. The van der Waals surface area contributed by atoms with E-state index in [1.54, 1.807) is 12.1 Å². The van der Waals surface area contributed by atoms with E-state index in [0.717, 1.165) is 15.6 Å². The zero-order valence-corrected chi connectivity index (χ0v) is 10.4. The first-order valence-electron chi connectivity index (χ1n) is 4.88. The monoisotopic (exact) mass is 295 g/mol. The van der Waals surface area contributed by atoms with Gasteiger partial charge in [-0.2, -0.15) is 13.2 Å². The number of benzene rings is 1. The quantitative estimate of drug-likeness (QED) is 0.893. The van der Waals surface area contributed by atoms with Crippen LogP contribution in [0.3, 0.4) is 0 Å². The van der Waals surface area contributed by atoms with Crippen molar-refractivity contribution in [3.63, 3.8) is 0 Å². The van der Waals surface area contributed by atoms with E-state index in [0.29, 0.717) is 0 Å². The van der Waals surface area contributed by atoms with Crippen LogP contribution in [0.1, 0.15) is 30.0 Å². The van der Waals surface area contributed by atoms with E-state index in [-0.39, 0.29) is 6.42 Å². The third kappa shape index (κ3) is 4.14. The zero-order chi connectivity index (χ0) is 12.3. The predicted molar refractivity (Wildman–Crippen MR) is 61.1 cm³/mol. The molecule has 0 saturated heterocycles. The van der Waals surface area contributed by atoms with Crippen LogP contribution >= 0.6 is 15.9 Å². The summed E-state index contributed by atoms with van der Waals surface area (Å²) in [4.78, 5) is 0. The van der Waals surface area contributed by atoms with E-state index >= 15 is 0 Å². The van der Waals surface area contributed by atoms with Gasteiger partial charge in [0, 0.05) is 16.9 Å². The highest BCUT2D eigenvalue weighted by molar-refractivity contribution is 9.10. The molecule has 1 aromatic rings. The first-order chi connectivity index (χ1) is 7.29. The van der Waals surface area contributed by atoms with Gasteiger partial charge in [-0.05, 0) is 30.5 Å². The molecule has 16 heavy (non-hydrogen) atoms. The Kier molecular flexibility index (Phi) is 4.38. The number of hydrogen-bond acceptors (Lipinski definition) is 1. The molecule has 0 aliphatic heterocycles. The lowest BCUT2D eigenvalue weighted by atomic mass is 10.0. The van der Waals surface area contributed by atoms with Crippen molar-refractivity contribution in [1.82, 2.24) is 0 Å². The molecule has 0 radical (unpaired) electrons. The van der Waals surface area contributed by atoms with Gasteiger partial charge in [0.15, 0.2) is 0 Å². The Morgan fingerprint density at radius 2 is 2.00 bits per heavy atom. The van der Waals surface area contributed by atoms with Crippen LogP contribution in [-0.2, 0) is 0 Å². The summed E-state index contributed by atoms with van der Waals surface area (Å²) < 4.78 is 36.9. The van der Waals surface area contributed by atoms with E-state index < -0.39 is 18.6 Å². The topological polar surface area (TPSA) is 26.0 Å². The van der Waals surface area contributed by atoms with Gasteiger partial charge in [0.25, 0.3) is 0 Å². The van der Waals surface area contributed by atoms with Crippen LogP contribution in [0.15, 0.2) is 22.7 Å². The third-order valence-corrected chi connectivity index (χ3v) is 3.22. The van der Waals surface area contributed by atoms with Gasteiger partial charge in [-0.15, -0.1) is 0 Å². The minimum absolute atomic E-state index is 0.0843. The number of hydrogen-bond donors (Lipinski definition) is 1. The summed E-state index contributed by atoms with van der Waals surface area (Å²) in [5, 5.41) is 0. The van der Waals surface area contributed by atoms with Gasteiger partial charge in [-0.1, -0.05) is 28.1 Å². The highest BCUT2D eigenvalue weighted by Crippen LogP contribution is 2.28. The summed E-state index contributed by atoms with van der Waals surface area (Å²) >= 11 is 3.33. The first-order valence-corrected chi connectivity index (χ1v) is 5.67. The molecule has 0 spiro atoms. The van der Waals surface area contributed by atoms with Crippen LogP contribution in [0, 0.1) is 6.92 Å². The summed E-state index contributed by atoms with van der Waals surface area (Å²) in [5.41, 5.74) is 7.46. The normalized spacial score (nSPS) is 13.9. The van der Waals surface area contributed by atoms with Gasteiger partial charge in [0.2, 0.25) is 0 Å². The van der Waals surface area contributed by atoms with Gasteiger partial charge in [0.1, 0.15) is 0 Å². The van der Waals surface area contributed by atoms with Gasteiger partial charge in [-0.3, -0.25) is 0 Å². The summed E-state index contributed by atoms with van der Waals surface area (Å²) in [6.07, 6.45) is -5.07. The Morgan fingerprint density at radius 1 is 1.38 bits per heavy atom. The van der Waals surface area contributed by atoms with Crippen LogP contribution in [0.5, 0.6) is 0 Å². The molecular weight excluding hydrogens is 283 g/mol. The predicted octanol–water partition coefficient (Wildman–Crippen LogP) is 4.10. The van der Waals surface area contributed by atoms with Crippen LogP contribution in [0.2, 0.25) is 0 Å². The largest absolute Gasteiger partial charge is 0.389 e. The number of alkyl halides is 3. The molecule has 1 atom stereocenters. The second-order valence-corrected chi connectivity index (χ2v) is 4.62. The van der Waals surface area contributed by atoms with Crippen molar-refractivity contribution in [2.75, 3.05) is 0 Å². The van der Waals surface area contributed by atoms with Crippen molar-refractivity contribution in [3.8, 4) is 0 Å². The summed E-state index contributed by atoms with van der Waals surface area (Å²) in [7, 11) is 0. The number of halogens is 4. The molecule has 1 nitrogen and oxygen atoms in total. The molecule has 1 rings (SSSR count). The van der Waals surface area contributed by atoms with Crippen LogP contribution in [-0.4, -0.2) is 6.18 Å². The van der Waals surface area contributed by atoms with Gasteiger partial charge >= 0.3 is 6.18 Å². The SMILES string of the molecule is Cc1ccc(C(N)CCC(F)(F)F)cc1Br. The van der Waals surface area contributed by atoms with Gasteiger partial charge < -0.3 is 5.73 Å². The fourth-order valence-electron chi connectivity index (χ4n) is 1.33. The van der Waals surface area contributed by atoms with Crippen molar-refractivity contribution in [1.29, 1.82) is 0 Å². The van der Waals surface area contributed by atoms with E-state index in [4.69, 9.17) is 5.73 Å². The molecule has 1 aromatic carbocycles. The lowest BCUT2D eigenvalue weighted by molar-refractivity contribution is -0.136. The van der Waals surface area contributed by atoms with Gasteiger partial charge in [0.05, 0.1) is 0 Å². The minimum atomic E-state index is -4.14. The van der Waals surface area contributed by atoms with Crippen molar-refractivity contribution in [2.24, 2.45) is 5.73 Å². The van der Waals surface area contributed by atoms with E-state index in [1.807, 2.05) is 13.0 Å². The maximum absolute atomic E-state index is 12.0. The molecule has 0 aliphatic carbocycles. The Morgan fingerprint density at radius 3 is 2.50 bits per heavy atom. The molecule has 0 aliphatic rings. The highest BCUT2D eigenvalue weighted by atomic mass is 79.9. The third-order valence-electron chi connectivity index (χ3n) is 2.36. The van der Waals surface area contributed by atoms with E-state index in [1.165, 1.54) is 0 Å². The average molecular weight is 296 g/mol. The highest BCUT2D eigenvalue weighted by Gasteiger charge is 2.27.